The number of hydrogen-bond donors (Lipinski definition) is 3. The molecule has 0 aliphatic heterocycles. The van der Waals surface area contributed by atoms with Crippen molar-refractivity contribution in [3.8, 4) is 11.5 Å². The van der Waals surface area contributed by atoms with Gasteiger partial charge in [-0.25, -0.2) is 9.78 Å². The zero-order valence-electron chi connectivity index (χ0n) is 12.3. The summed E-state index contributed by atoms with van der Waals surface area (Å²) in [5, 5.41) is 14.5. The highest BCUT2D eigenvalue weighted by molar-refractivity contribution is 5.90. The molecule has 0 spiro atoms. The Morgan fingerprint density at radius 1 is 1.43 bits per heavy atom. The first-order valence-corrected chi connectivity index (χ1v) is 6.62. The van der Waals surface area contributed by atoms with Crippen LogP contribution in [0, 0.1) is 6.92 Å². The van der Waals surface area contributed by atoms with Gasteiger partial charge in [-0.15, -0.1) is 0 Å². The number of anilines is 1. The van der Waals surface area contributed by atoms with Crippen molar-refractivity contribution in [1.82, 2.24) is 10.3 Å². The van der Waals surface area contributed by atoms with Gasteiger partial charge >= 0.3 is 6.03 Å². The molecule has 3 N–H and O–H groups in total. The molecular formula is C15H19N3O3. The van der Waals surface area contributed by atoms with Gasteiger partial charge in [0.15, 0.2) is 0 Å². The molecule has 21 heavy (non-hydrogen) atoms. The molecule has 0 radical (unpaired) electrons. The molecule has 2 rings (SSSR count). The number of carbonyl (C=O) groups excluding carboxylic acids is 1. The van der Waals surface area contributed by atoms with E-state index >= 15 is 0 Å². The van der Waals surface area contributed by atoms with Crippen LogP contribution in [0.4, 0.5) is 10.5 Å². The summed E-state index contributed by atoms with van der Waals surface area (Å²) in [7, 11) is 0. The predicted molar refractivity (Wildman–Crippen MR) is 80.0 cm³/mol. The number of aliphatic hydroxyl groups is 1. The summed E-state index contributed by atoms with van der Waals surface area (Å²) in [5.74, 6) is 0.507. The minimum Gasteiger partial charge on any atom is -0.444 e. The van der Waals surface area contributed by atoms with Crippen LogP contribution in [-0.4, -0.2) is 28.3 Å². The Labute approximate surface area is 123 Å². The van der Waals surface area contributed by atoms with E-state index in [4.69, 9.17) is 9.52 Å². The summed E-state index contributed by atoms with van der Waals surface area (Å²) in [6, 6.07) is 6.82. The number of oxazole rings is 1. The molecule has 0 fully saturated rings. The van der Waals surface area contributed by atoms with Gasteiger partial charge < -0.3 is 20.2 Å². The van der Waals surface area contributed by atoms with Crippen LogP contribution in [0.25, 0.3) is 11.5 Å². The monoisotopic (exact) mass is 289 g/mol. The van der Waals surface area contributed by atoms with Crippen molar-refractivity contribution in [2.45, 2.75) is 26.3 Å². The molecule has 1 heterocycles. The van der Waals surface area contributed by atoms with Gasteiger partial charge in [-0.2, -0.15) is 0 Å². The van der Waals surface area contributed by atoms with Gasteiger partial charge in [0.2, 0.25) is 5.89 Å². The molecule has 0 bridgehead atoms. The third kappa shape index (κ3) is 4.06. The Bertz CT molecular complexity index is 635. The molecule has 0 unspecified atom stereocenters. The first kappa shape index (κ1) is 15.1. The lowest BCUT2D eigenvalue weighted by atomic mass is 10.1. The van der Waals surface area contributed by atoms with Crippen molar-refractivity contribution in [1.29, 1.82) is 0 Å². The van der Waals surface area contributed by atoms with Crippen LogP contribution in [0.15, 0.2) is 34.9 Å². The lowest BCUT2D eigenvalue weighted by molar-refractivity contribution is 0.187. The molecular weight excluding hydrogens is 270 g/mol. The Hall–Kier alpha value is -2.34. The molecule has 6 nitrogen and oxygen atoms in total. The fourth-order valence-corrected chi connectivity index (χ4v) is 1.73. The number of hydrogen-bond acceptors (Lipinski definition) is 4. The van der Waals surface area contributed by atoms with E-state index in [1.807, 2.05) is 19.1 Å². The van der Waals surface area contributed by atoms with Gasteiger partial charge in [-0.05, 0) is 39.0 Å². The van der Waals surface area contributed by atoms with E-state index in [2.05, 4.69) is 15.6 Å². The third-order valence-corrected chi connectivity index (χ3v) is 2.83. The molecule has 0 atom stereocenters. The van der Waals surface area contributed by atoms with Gasteiger partial charge in [0.25, 0.3) is 0 Å². The molecule has 0 saturated carbocycles. The van der Waals surface area contributed by atoms with Crippen LogP contribution >= 0.6 is 0 Å². The quantitative estimate of drug-likeness (QED) is 0.807. The Morgan fingerprint density at radius 3 is 2.81 bits per heavy atom. The maximum Gasteiger partial charge on any atom is 0.319 e. The number of rotatable bonds is 4. The van der Waals surface area contributed by atoms with Crippen LogP contribution in [-0.2, 0) is 0 Å². The van der Waals surface area contributed by atoms with Crippen LogP contribution in [0.5, 0.6) is 0 Å². The molecule has 6 heteroatoms. The van der Waals surface area contributed by atoms with Crippen molar-refractivity contribution >= 4 is 11.7 Å². The first-order chi connectivity index (χ1) is 9.89. The van der Waals surface area contributed by atoms with Gasteiger partial charge in [-0.1, -0.05) is 6.07 Å². The Balaban J connectivity index is 2.10. The molecule has 0 saturated heterocycles. The number of aliphatic hydroxyl groups excluding tert-OH is 1. The summed E-state index contributed by atoms with van der Waals surface area (Å²) in [6.45, 7) is 5.17. The summed E-state index contributed by atoms with van der Waals surface area (Å²) in [4.78, 5) is 16.1. The highest BCUT2D eigenvalue weighted by Crippen LogP contribution is 2.22. The topological polar surface area (TPSA) is 87.4 Å². The third-order valence-electron chi connectivity index (χ3n) is 2.83. The maximum absolute atomic E-state index is 11.9. The molecule has 0 aliphatic rings. The van der Waals surface area contributed by atoms with Crippen LogP contribution in [0.3, 0.4) is 0 Å². The minimum absolute atomic E-state index is 0.143. The molecule has 2 aromatic rings. The van der Waals surface area contributed by atoms with Gasteiger partial charge in [-0.3, -0.25) is 0 Å². The van der Waals surface area contributed by atoms with E-state index in [1.165, 1.54) is 0 Å². The minimum atomic E-state index is -0.679. The average Bonchev–Trinajstić information content (AvgIpc) is 2.85. The largest absolute Gasteiger partial charge is 0.444 e. The SMILES string of the molecule is Cc1coc(-c2cccc(NC(=O)NC(C)(C)CO)c2)n1. The number of aromatic nitrogens is 1. The van der Waals surface area contributed by atoms with Crippen LogP contribution in [0.1, 0.15) is 19.5 Å². The number of nitrogens with zero attached hydrogens (tertiary/aromatic N) is 1. The van der Waals surface area contributed by atoms with Gasteiger partial charge in [0.05, 0.1) is 17.8 Å². The number of nitrogens with one attached hydrogen (secondary N) is 2. The van der Waals surface area contributed by atoms with Crippen molar-refractivity contribution in [2.75, 3.05) is 11.9 Å². The smallest absolute Gasteiger partial charge is 0.319 e. The molecule has 1 aromatic carbocycles. The van der Waals surface area contributed by atoms with Crippen molar-refractivity contribution in [2.24, 2.45) is 0 Å². The van der Waals surface area contributed by atoms with Crippen molar-refractivity contribution < 1.29 is 14.3 Å². The molecule has 1 aromatic heterocycles. The lowest BCUT2D eigenvalue weighted by Crippen LogP contribution is -2.48. The fourth-order valence-electron chi connectivity index (χ4n) is 1.73. The van der Waals surface area contributed by atoms with E-state index in [9.17, 15) is 4.79 Å². The highest BCUT2D eigenvalue weighted by atomic mass is 16.3. The Morgan fingerprint density at radius 2 is 2.19 bits per heavy atom. The molecule has 0 aliphatic carbocycles. The summed E-state index contributed by atoms with van der Waals surface area (Å²) in [6.07, 6.45) is 1.58. The summed E-state index contributed by atoms with van der Waals surface area (Å²) in [5.41, 5.74) is 1.52. The lowest BCUT2D eigenvalue weighted by Gasteiger charge is -2.23. The standard InChI is InChI=1S/C15H19N3O3/c1-10-8-21-13(16-10)11-5-4-6-12(7-11)17-14(20)18-15(2,3)9-19/h4-8,19H,9H2,1-3H3,(H2,17,18,20). The summed E-state index contributed by atoms with van der Waals surface area (Å²) < 4.78 is 5.34. The normalized spacial score (nSPS) is 11.2. The number of amides is 2. The highest BCUT2D eigenvalue weighted by Gasteiger charge is 2.19. The zero-order valence-corrected chi connectivity index (χ0v) is 12.3. The number of carbonyl (C=O) groups is 1. The second-order valence-corrected chi connectivity index (χ2v) is 5.50. The van der Waals surface area contributed by atoms with E-state index in [1.54, 1.807) is 32.2 Å². The second-order valence-electron chi connectivity index (χ2n) is 5.50. The maximum atomic E-state index is 11.9. The van der Waals surface area contributed by atoms with E-state index < -0.39 is 5.54 Å². The van der Waals surface area contributed by atoms with Gasteiger partial charge in [0, 0.05) is 11.3 Å². The van der Waals surface area contributed by atoms with Gasteiger partial charge in [0.1, 0.15) is 6.26 Å². The van der Waals surface area contributed by atoms with Crippen LogP contribution in [0.2, 0.25) is 0 Å². The zero-order chi connectivity index (χ0) is 15.5. The Kier molecular flexibility index (Phi) is 4.28. The number of aryl methyl sites for hydroxylation is 1. The van der Waals surface area contributed by atoms with E-state index in [0.717, 1.165) is 11.3 Å². The number of benzene rings is 1. The fraction of sp³-hybridized carbons (Fsp3) is 0.333. The van der Waals surface area contributed by atoms with Crippen molar-refractivity contribution in [3.05, 3.63) is 36.2 Å². The predicted octanol–water partition coefficient (Wildman–Crippen LogP) is 2.54. The van der Waals surface area contributed by atoms with E-state index in [-0.39, 0.29) is 12.6 Å². The average molecular weight is 289 g/mol. The molecule has 2 amide bonds. The van der Waals surface area contributed by atoms with Crippen LogP contribution < -0.4 is 10.6 Å². The van der Waals surface area contributed by atoms with E-state index in [0.29, 0.717) is 11.6 Å². The second kappa shape index (κ2) is 5.97. The number of urea groups is 1. The van der Waals surface area contributed by atoms with Crippen molar-refractivity contribution in [3.63, 3.8) is 0 Å². The molecule has 112 valence electrons. The summed E-state index contributed by atoms with van der Waals surface area (Å²) >= 11 is 0. The first-order valence-electron chi connectivity index (χ1n) is 6.62.